The van der Waals surface area contributed by atoms with E-state index in [4.69, 9.17) is 9.57 Å². The van der Waals surface area contributed by atoms with E-state index < -0.39 is 11.6 Å². The maximum atomic E-state index is 11.3. The molecule has 6 nitrogen and oxygen atoms in total. The van der Waals surface area contributed by atoms with Crippen molar-refractivity contribution in [1.82, 2.24) is 10.5 Å². The predicted molar refractivity (Wildman–Crippen MR) is 70.2 cm³/mol. The van der Waals surface area contributed by atoms with Crippen molar-refractivity contribution < 1.29 is 19.1 Å². The molecule has 1 atom stereocenters. The summed E-state index contributed by atoms with van der Waals surface area (Å²) in [7, 11) is 1.34. The zero-order valence-electron chi connectivity index (χ0n) is 10.5. The fourth-order valence-electron chi connectivity index (χ4n) is 1.98. The van der Waals surface area contributed by atoms with Crippen molar-refractivity contribution in [2.45, 2.75) is 12.0 Å². The SMILES string of the molecule is COC(=O)COC1(c2ccncc2Br)CCONC1. The molecule has 1 aliphatic heterocycles. The Bertz CT molecular complexity index is 449. The van der Waals surface area contributed by atoms with Crippen molar-refractivity contribution in [2.24, 2.45) is 0 Å². The first-order chi connectivity index (χ1) is 9.18. The molecule has 19 heavy (non-hydrogen) atoms. The van der Waals surface area contributed by atoms with Crippen molar-refractivity contribution in [2.75, 3.05) is 26.9 Å². The second-order valence-electron chi connectivity index (χ2n) is 4.13. The van der Waals surface area contributed by atoms with E-state index in [-0.39, 0.29) is 6.61 Å². The van der Waals surface area contributed by atoms with E-state index in [9.17, 15) is 4.79 Å². The molecule has 1 aliphatic rings. The Kier molecular flexibility index (Phi) is 4.87. The smallest absolute Gasteiger partial charge is 0.331 e. The molecule has 1 aromatic heterocycles. The van der Waals surface area contributed by atoms with Gasteiger partial charge in [-0.25, -0.2) is 4.79 Å². The van der Waals surface area contributed by atoms with Crippen molar-refractivity contribution in [3.05, 3.63) is 28.5 Å². The largest absolute Gasteiger partial charge is 0.467 e. The quantitative estimate of drug-likeness (QED) is 0.835. The highest BCUT2D eigenvalue weighted by Gasteiger charge is 2.38. The maximum absolute atomic E-state index is 11.3. The van der Waals surface area contributed by atoms with Gasteiger partial charge >= 0.3 is 5.97 Å². The summed E-state index contributed by atoms with van der Waals surface area (Å²) in [5.74, 6) is -0.406. The monoisotopic (exact) mass is 330 g/mol. The molecule has 1 aromatic rings. The highest BCUT2D eigenvalue weighted by molar-refractivity contribution is 9.10. The third-order valence-corrected chi connectivity index (χ3v) is 3.66. The molecule has 2 heterocycles. The summed E-state index contributed by atoms with van der Waals surface area (Å²) in [4.78, 5) is 20.5. The van der Waals surface area contributed by atoms with Crippen LogP contribution in [0.2, 0.25) is 0 Å². The van der Waals surface area contributed by atoms with Gasteiger partial charge in [0.2, 0.25) is 0 Å². The van der Waals surface area contributed by atoms with Crippen molar-refractivity contribution >= 4 is 21.9 Å². The van der Waals surface area contributed by atoms with Gasteiger partial charge in [-0.3, -0.25) is 4.98 Å². The van der Waals surface area contributed by atoms with E-state index in [0.717, 1.165) is 10.0 Å². The van der Waals surface area contributed by atoms with Crippen LogP contribution in [0.3, 0.4) is 0 Å². The first-order valence-corrected chi connectivity index (χ1v) is 6.63. The minimum absolute atomic E-state index is 0.104. The van der Waals surface area contributed by atoms with Gasteiger partial charge in [-0.1, -0.05) is 0 Å². The van der Waals surface area contributed by atoms with Crippen LogP contribution < -0.4 is 5.48 Å². The number of hydrogen-bond donors (Lipinski definition) is 1. The molecule has 1 fully saturated rings. The molecular weight excluding hydrogens is 316 g/mol. The molecule has 104 valence electrons. The molecule has 0 radical (unpaired) electrons. The molecule has 0 spiro atoms. The number of pyridine rings is 1. The highest BCUT2D eigenvalue weighted by Crippen LogP contribution is 2.35. The molecule has 0 bridgehead atoms. The zero-order chi connectivity index (χ0) is 13.7. The Morgan fingerprint density at radius 1 is 1.68 bits per heavy atom. The first kappa shape index (κ1) is 14.4. The number of carbonyl (C=O) groups is 1. The molecule has 0 aromatic carbocycles. The van der Waals surface area contributed by atoms with E-state index in [1.165, 1.54) is 7.11 Å². The van der Waals surface area contributed by atoms with E-state index >= 15 is 0 Å². The number of rotatable bonds is 4. The fourth-order valence-corrected chi connectivity index (χ4v) is 2.59. The van der Waals surface area contributed by atoms with Gasteiger partial charge in [0.15, 0.2) is 0 Å². The third-order valence-electron chi connectivity index (χ3n) is 3.03. The van der Waals surface area contributed by atoms with Crippen molar-refractivity contribution in [3.63, 3.8) is 0 Å². The Hall–Kier alpha value is -1.02. The summed E-state index contributed by atoms with van der Waals surface area (Å²) in [5.41, 5.74) is 3.13. The van der Waals surface area contributed by atoms with Gasteiger partial charge in [-0.2, -0.15) is 5.48 Å². The number of ether oxygens (including phenoxy) is 2. The molecule has 2 rings (SSSR count). The Morgan fingerprint density at radius 2 is 2.53 bits per heavy atom. The molecular formula is C12H15BrN2O4. The lowest BCUT2D eigenvalue weighted by Crippen LogP contribution is -2.47. The number of hydroxylamine groups is 1. The Labute approximate surface area is 119 Å². The van der Waals surface area contributed by atoms with Crippen LogP contribution in [0.15, 0.2) is 22.9 Å². The fraction of sp³-hybridized carbons (Fsp3) is 0.500. The predicted octanol–water partition coefficient (Wildman–Crippen LogP) is 1.15. The lowest BCUT2D eigenvalue weighted by molar-refractivity contribution is -0.167. The third kappa shape index (κ3) is 3.30. The van der Waals surface area contributed by atoms with Crippen LogP contribution >= 0.6 is 15.9 Å². The van der Waals surface area contributed by atoms with Gasteiger partial charge in [-0.05, 0) is 22.0 Å². The molecule has 0 aliphatic carbocycles. The number of carbonyl (C=O) groups excluding carboxylic acids is 1. The molecule has 0 saturated carbocycles. The van der Waals surface area contributed by atoms with Gasteiger partial charge in [0.05, 0.1) is 20.3 Å². The second kappa shape index (κ2) is 6.42. The highest BCUT2D eigenvalue weighted by atomic mass is 79.9. The average Bonchev–Trinajstić information content (AvgIpc) is 2.46. The van der Waals surface area contributed by atoms with E-state index in [0.29, 0.717) is 19.6 Å². The van der Waals surface area contributed by atoms with Gasteiger partial charge < -0.3 is 14.3 Å². The number of hydrogen-bond acceptors (Lipinski definition) is 6. The number of aromatic nitrogens is 1. The first-order valence-electron chi connectivity index (χ1n) is 5.83. The van der Waals surface area contributed by atoms with Crippen LogP contribution in [0.5, 0.6) is 0 Å². The normalized spacial score (nSPS) is 23.1. The summed E-state index contributed by atoms with van der Waals surface area (Å²) in [6.45, 7) is 0.843. The average molecular weight is 331 g/mol. The summed E-state index contributed by atoms with van der Waals surface area (Å²) in [5, 5.41) is 0. The van der Waals surface area contributed by atoms with E-state index in [1.54, 1.807) is 12.4 Å². The van der Waals surface area contributed by atoms with Crippen LogP contribution in [0.4, 0.5) is 0 Å². The van der Waals surface area contributed by atoms with Crippen LogP contribution in [0, 0.1) is 0 Å². The molecule has 1 N–H and O–H groups in total. The zero-order valence-corrected chi connectivity index (χ0v) is 12.1. The number of nitrogens with one attached hydrogen (secondary N) is 1. The summed E-state index contributed by atoms with van der Waals surface area (Å²) >= 11 is 3.46. The van der Waals surface area contributed by atoms with Crippen LogP contribution in [-0.2, 0) is 24.7 Å². The van der Waals surface area contributed by atoms with Crippen LogP contribution in [-0.4, -0.2) is 37.8 Å². The van der Waals surface area contributed by atoms with Gasteiger partial charge in [0.1, 0.15) is 12.2 Å². The van der Waals surface area contributed by atoms with Gasteiger partial charge in [0.25, 0.3) is 0 Å². The standard InChI is InChI=1S/C12H15BrN2O4/c1-17-11(16)7-18-12(3-5-19-15-8-12)9-2-4-14-6-10(9)13/h2,4,6,15H,3,5,7-8H2,1H3. The number of methoxy groups -OCH3 is 1. The summed E-state index contributed by atoms with van der Waals surface area (Å²) < 4.78 is 11.3. The minimum Gasteiger partial charge on any atom is -0.467 e. The Morgan fingerprint density at radius 3 is 3.16 bits per heavy atom. The summed E-state index contributed by atoms with van der Waals surface area (Å²) in [6.07, 6.45) is 4.03. The maximum Gasteiger partial charge on any atom is 0.331 e. The lowest BCUT2D eigenvalue weighted by atomic mass is 9.90. The lowest BCUT2D eigenvalue weighted by Gasteiger charge is -2.37. The summed E-state index contributed by atoms with van der Waals surface area (Å²) in [6, 6.07) is 1.87. The Balaban J connectivity index is 2.24. The minimum atomic E-state index is -0.631. The van der Waals surface area contributed by atoms with Gasteiger partial charge in [-0.15, -0.1) is 0 Å². The van der Waals surface area contributed by atoms with Crippen LogP contribution in [0.25, 0.3) is 0 Å². The van der Waals surface area contributed by atoms with E-state index in [2.05, 4.69) is 31.1 Å². The van der Waals surface area contributed by atoms with Crippen molar-refractivity contribution in [1.29, 1.82) is 0 Å². The molecule has 7 heteroatoms. The second-order valence-corrected chi connectivity index (χ2v) is 4.99. The molecule has 0 amide bonds. The van der Waals surface area contributed by atoms with Crippen LogP contribution in [0.1, 0.15) is 12.0 Å². The van der Waals surface area contributed by atoms with Crippen molar-refractivity contribution in [3.8, 4) is 0 Å². The molecule has 1 unspecified atom stereocenters. The number of esters is 1. The number of nitrogens with zero attached hydrogens (tertiary/aromatic N) is 1. The number of halogens is 1. The molecule has 1 saturated heterocycles. The van der Waals surface area contributed by atoms with Gasteiger partial charge in [0, 0.05) is 28.9 Å². The topological polar surface area (TPSA) is 69.7 Å². The van der Waals surface area contributed by atoms with E-state index in [1.807, 2.05) is 6.07 Å².